The smallest absolute Gasteiger partial charge is 0.164 e. The number of nitrogens with zero attached hydrogens (tertiary/aromatic N) is 1. The monoisotopic (exact) mass is 203 g/mol. The Bertz CT molecular complexity index is 430. The molecule has 0 saturated carbocycles. The van der Waals surface area contributed by atoms with Crippen molar-refractivity contribution in [2.24, 2.45) is 0 Å². The molecule has 3 nitrogen and oxygen atoms in total. The number of rotatable bonds is 3. The molecule has 0 aromatic heterocycles. The Balaban J connectivity index is 3.41. The summed E-state index contributed by atoms with van der Waals surface area (Å²) >= 11 is 0. The van der Waals surface area contributed by atoms with Crippen LogP contribution in [0.4, 0.5) is 0 Å². The lowest BCUT2D eigenvalue weighted by Gasteiger charge is -2.10. The molecule has 15 heavy (non-hydrogen) atoms. The summed E-state index contributed by atoms with van der Waals surface area (Å²) in [5.41, 5.74) is 1.68. The van der Waals surface area contributed by atoms with Crippen molar-refractivity contribution in [3.05, 3.63) is 28.8 Å². The molecule has 1 aromatic carbocycles. The fourth-order valence-electron chi connectivity index (χ4n) is 1.47. The molecule has 0 fully saturated rings. The number of aryl methyl sites for hydroxylation is 1. The largest absolute Gasteiger partial charge is 0.493 e. The van der Waals surface area contributed by atoms with Crippen molar-refractivity contribution < 1.29 is 9.53 Å². The summed E-state index contributed by atoms with van der Waals surface area (Å²) in [4.78, 5) is 11.4. The van der Waals surface area contributed by atoms with Gasteiger partial charge in [-0.2, -0.15) is 5.26 Å². The van der Waals surface area contributed by atoms with Crippen LogP contribution in [0.5, 0.6) is 5.75 Å². The molecule has 0 amide bonds. The molecule has 0 aliphatic rings. The van der Waals surface area contributed by atoms with E-state index in [1.54, 1.807) is 12.1 Å². The second-order valence-corrected chi connectivity index (χ2v) is 3.29. The van der Waals surface area contributed by atoms with Crippen molar-refractivity contribution in [1.29, 1.82) is 5.26 Å². The molecular weight excluding hydrogens is 190 g/mol. The number of carbonyl (C=O) groups is 1. The molecular formula is C12H13NO2. The highest BCUT2D eigenvalue weighted by Gasteiger charge is 2.14. The lowest BCUT2D eigenvalue weighted by Crippen LogP contribution is -2.04. The van der Waals surface area contributed by atoms with Crippen LogP contribution in [0, 0.1) is 18.3 Å². The van der Waals surface area contributed by atoms with Gasteiger partial charge in [-0.15, -0.1) is 0 Å². The summed E-state index contributed by atoms with van der Waals surface area (Å²) in [6.07, 6.45) is 0. The lowest BCUT2D eigenvalue weighted by molar-refractivity contribution is 0.101. The van der Waals surface area contributed by atoms with Crippen LogP contribution in [0.15, 0.2) is 12.1 Å². The van der Waals surface area contributed by atoms with Crippen LogP contribution in [0.1, 0.15) is 35.3 Å². The van der Waals surface area contributed by atoms with Crippen LogP contribution in [0.3, 0.4) is 0 Å². The molecule has 0 radical (unpaired) electrons. The number of hydrogen-bond acceptors (Lipinski definition) is 3. The third-order valence-corrected chi connectivity index (χ3v) is 2.02. The minimum absolute atomic E-state index is 0.144. The van der Waals surface area contributed by atoms with Gasteiger partial charge in [0.05, 0.1) is 17.7 Å². The normalized spacial score (nSPS) is 9.47. The molecule has 3 heteroatoms. The first-order valence-corrected chi connectivity index (χ1v) is 4.78. The van der Waals surface area contributed by atoms with Gasteiger partial charge in [-0.25, -0.2) is 0 Å². The molecule has 78 valence electrons. The Labute approximate surface area is 89.3 Å². The van der Waals surface area contributed by atoms with Gasteiger partial charge < -0.3 is 4.74 Å². The first kappa shape index (κ1) is 11.3. The Morgan fingerprint density at radius 3 is 2.67 bits per heavy atom. The zero-order valence-corrected chi connectivity index (χ0v) is 9.13. The number of ether oxygens (including phenoxy) is 1. The summed E-state index contributed by atoms with van der Waals surface area (Å²) in [7, 11) is 0. The average Bonchev–Trinajstić information content (AvgIpc) is 2.16. The predicted molar refractivity (Wildman–Crippen MR) is 57.1 cm³/mol. The van der Waals surface area contributed by atoms with E-state index in [1.165, 1.54) is 6.92 Å². The third-order valence-electron chi connectivity index (χ3n) is 2.02. The molecule has 0 bridgehead atoms. The molecule has 1 rings (SSSR count). The van der Waals surface area contributed by atoms with E-state index in [1.807, 2.05) is 19.9 Å². The Morgan fingerprint density at radius 1 is 1.53 bits per heavy atom. The van der Waals surface area contributed by atoms with Gasteiger partial charge >= 0.3 is 0 Å². The maximum Gasteiger partial charge on any atom is 0.164 e. The first-order valence-electron chi connectivity index (χ1n) is 4.78. The topological polar surface area (TPSA) is 50.1 Å². The summed E-state index contributed by atoms with van der Waals surface area (Å²) in [5.74, 6) is 0.358. The van der Waals surface area contributed by atoms with E-state index in [0.717, 1.165) is 5.56 Å². The van der Waals surface area contributed by atoms with Gasteiger partial charge in [0, 0.05) is 0 Å². The minimum atomic E-state index is -0.144. The molecule has 0 spiro atoms. The SMILES string of the molecule is CCOc1cc(C)cc(C#N)c1C(C)=O. The molecule has 1 aromatic rings. The molecule has 0 unspecified atom stereocenters. The van der Waals surface area contributed by atoms with Crippen LogP contribution >= 0.6 is 0 Å². The Morgan fingerprint density at radius 2 is 2.20 bits per heavy atom. The van der Waals surface area contributed by atoms with Crippen molar-refractivity contribution in [3.8, 4) is 11.8 Å². The van der Waals surface area contributed by atoms with Gasteiger partial charge in [0.2, 0.25) is 0 Å². The van der Waals surface area contributed by atoms with Gasteiger partial charge in [-0.3, -0.25) is 4.79 Å². The standard InChI is InChI=1S/C12H13NO2/c1-4-15-11-6-8(2)5-10(7-13)12(11)9(3)14/h5-6H,4H2,1-3H3. The van der Waals surface area contributed by atoms with Gasteiger partial charge in [0.1, 0.15) is 11.8 Å². The maximum atomic E-state index is 11.4. The van der Waals surface area contributed by atoms with Crippen LogP contribution in [0.2, 0.25) is 0 Å². The van der Waals surface area contributed by atoms with Crippen LogP contribution in [-0.4, -0.2) is 12.4 Å². The zero-order valence-electron chi connectivity index (χ0n) is 9.13. The van der Waals surface area contributed by atoms with Crippen molar-refractivity contribution in [2.75, 3.05) is 6.61 Å². The fourth-order valence-corrected chi connectivity index (χ4v) is 1.47. The van der Waals surface area contributed by atoms with Crippen molar-refractivity contribution >= 4 is 5.78 Å². The Hall–Kier alpha value is -1.82. The maximum absolute atomic E-state index is 11.4. The van der Waals surface area contributed by atoms with Crippen molar-refractivity contribution in [2.45, 2.75) is 20.8 Å². The summed E-state index contributed by atoms with van der Waals surface area (Å²) in [5, 5.41) is 8.93. The van der Waals surface area contributed by atoms with E-state index in [-0.39, 0.29) is 5.78 Å². The van der Waals surface area contributed by atoms with E-state index in [9.17, 15) is 4.79 Å². The second kappa shape index (κ2) is 4.61. The first-order chi connectivity index (χ1) is 7.10. The van der Waals surface area contributed by atoms with E-state index in [4.69, 9.17) is 10.00 Å². The van der Waals surface area contributed by atoms with Crippen LogP contribution < -0.4 is 4.74 Å². The number of benzene rings is 1. The fraction of sp³-hybridized carbons (Fsp3) is 0.333. The van der Waals surface area contributed by atoms with Crippen LogP contribution in [0.25, 0.3) is 0 Å². The summed E-state index contributed by atoms with van der Waals surface area (Å²) in [6.45, 7) is 5.63. The molecule has 0 N–H and O–H groups in total. The van der Waals surface area contributed by atoms with Gasteiger partial charge in [0.15, 0.2) is 5.78 Å². The molecule has 0 saturated heterocycles. The van der Waals surface area contributed by atoms with E-state index in [2.05, 4.69) is 0 Å². The predicted octanol–water partition coefficient (Wildman–Crippen LogP) is 2.47. The van der Waals surface area contributed by atoms with E-state index >= 15 is 0 Å². The molecule has 0 heterocycles. The Kier molecular flexibility index (Phi) is 3.46. The summed E-state index contributed by atoms with van der Waals surface area (Å²) < 4.78 is 5.35. The number of carbonyl (C=O) groups excluding carboxylic acids is 1. The lowest BCUT2D eigenvalue weighted by atomic mass is 10.0. The molecule has 0 atom stereocenters. The van der Waals surface area contributed by atoms with Gasteiger partial charge in [0.25, 0.3) is 0 Å². The van der Waals surface area contributed by atoms with E-state index in [0.29, 0.717) is 23.5 Å². The molecule has 0 aliphatic carbocycles. The quantitative estimate of drug-likeness (QED) is 0.709. The number of nitriles is 1. The minimum Gasteiger partial charge on any atom is -0.493 e. The number of hydrogen-bond donors (Lipinski definition) is 0. The van der Waals surface area contributed by atoms with Crippen molar-refractivity contribution in [1.82, 2.24) is 0 Å². The second-order valence-electron chi connectivity index (χ2n) is 3.29. The summed E-state index contributed by atoms with van der Waals surface area (Å²) in [6, 6.07) is 5.49. The molecule has 0 aliphatic heterocycles. The third kappa shape index (κ3) is 2.35. The van der Waals surface area contributed by atoms with Crippen LogP contribution in [-0.2, 0) is 0 Å². The van der Waals surface area contributed by atoms with Gasteiger partial charge in [-0.1, -0.05) is 0 Å². The highest BCUT2D eigenvalue weighted by Crippen LogP contribution is 2.24. The number of ketones is 1. The van der Waals surface area contributed by atoms with Crippen molar-refractivity contribution in [3.63, 3.8) is 0 Å². The number of Topliss-reactive ketones (excluding diaryl/α,β-unsaturated/α-hetero) is 1. The van der Waals surface area contributed by atoms with E-state index < -0.39 is 0 Å². The zero-order chi connectivity index (χ0) is 11.4. The van der Waals surface area contributed by atoms with Gasteiger partial charge in [-0.05, 0) is 38.5 Å². The highest BCUT2D eigenvalue weighted by molar-refractivity contribution is 5.99. The average molecular weight is 203 g/mol. The highest BCUT2D eigenvalue weighted by atomic mass is 16.5.